The van der Waals surface area contributed by atoms with E-state index in [0.29, 0.717) is 5.41 Å². The van der Waals surface area contributed by atoms with Gasteiger partial charge in [0.15, 0.2) is 0 Å². The number of hydrogen-bond acceptors (Lipinski definition) is 1. The molecule has 2 atom stereocenters. The van der Waals surface area contributed by atoms with Crippen LogP contribution < -0.4 is 5.32 Å². The highest BCUT2D eigenvalue weighted by Crippen LogP contribution is 2.30. The minimum absolute atomic E-state index is 0.564. The molecule has 0 spiro atoms. The summed E-state index contributed by atoms with van der Waals surface area (Å²) in [5, 5.41) is 3.56. The lowest BCUT2D eigenvalue weighted by molar-refractivity contribution is 0.222. The lowest BCUT2D eigenvalue weighted by Gasteiger charge is -2.32. The fraction of sp³-hybridized carbons (Fsp3) is 1.00. The second kappa shape index (κ2) is 4.27. The molecule has 1 N–H and O–H groups in total. The van der Waals surface area contributed by atoms with Crippen molar-refractivity contribution in [2.24, 2.45) is 11.3 Å². The predicted molar refractivity (Wildman–Crippen MR) is 54.3 cm³/mol. The second-order valence-electron chi connectivity index (χ2n) is 4.77. The maximum absolute atomic E-state index is 3.56. The summed E-state index contributed by atoms with van der Waals surface area (Å²) < 4.78 is 0. The van der Waals surface area contributed by atoms with Crippen LogP contribution in [0.25, 0.3) is 0 Å². The van der Waals surface area contributed by atoms with E-state index in [1.54, 1.807) is 0 Å². The molecular weight excluding hydrogens is 146 g/mol. The molecule has 0 aromatic carbocycles. The van der Waals surface area contributed by atoms with Crippen LogP contribution in [-0.4, -0.2) is 13.1 Å². The van der Waals surface area contributed by atoms with Crippen molar-refractivity contribution in [1.29, 1.82) is 0 Å². The molecule has 0 radical (unpaired) electrons. The van der Waals surface area contributed by atoms with Gasteiger partial charge in [-0.1, -0.05) is 27.2 Å². The first-order valence-corrected chi connectivity index (χ1v) is 5.37. The smallest absolute Gasteiger partial charge is 0.000506 e. The lowest BCUT2D eigenvalue weighted by Crippen LogP contribution is -2.35. The first-order chi connectivity index (χ1) is 5.66. The molecule has 1 heteroatoms. The van der Waals surface area contributed by atoms with Crippen LogP contribution in [0, 0.1) is 11.3 Å². The average Bonchev–Trinajstić information content (AvgIpc) is 2.07. The third kappa shape index (κ3) is 2.78. The molecule has 0 aromatic rings. The van der Waals surface area contributed by atoms with E-state index >= 15 is 0 Å². The molecule has 0 bridgehead atoms. The highest BCUT2D eigenvalue weighted by Gasteiger charge is 2.23. The molecule has 1 rings (SSSR count). The second-order valence-corrected chi connectivity index (χ2v) is 4.77. The molecule has 72 valence electrons. The minimum Gasteiger partial charge on any atom is -0.316 e. The summed E-state index contributed by atoms with van der Waals surface area (Å²) in [5.41, 5.74) is 0.564. The van der Waals surface area contributed by atoms with E-state index in [4.69, 9.17) is 0 Å². The molecule has 0 aromatic heterocycles. The summed E-state index contributed by atoms with van der Waals surface area (Å²) in [5.74, 6) is 0.920. The van der Waals surface area contributed by atoms with E-state index in [1.807, 2.05) is 0 Å². The Hall–Kier alpha value is -0.0400. The number of rotatable bonds is 1. The van der Waals surface area contributed by atoms with E-state index in [9.17, 15) is 0 Å². The Morgan fingerprint density at radius 1 is 1.42 bits per heavy atom. The molecule has 0 saturated carbocycles. The lowest BCUT2D eigenvalue weighted by atomic mass is 9.79. The highest BCUT2D eigenvalue weighted by molar-refractivity contribution is 4.78. The molecule has 0 aliphatic carbocycles. The van der Waals surface area contributed by atoms with Crippen molar-refractivity contribution in [3.63, 3.8) is 0 Å². The van der Waals surface area contributed by atoms with Crippen molar-refractivity contribution in [1.82, 2.24) is 5.32 Å². The Bertz CT molecular complexity index is 133. The minimum atomic E-state index is 0.564. The van der Waals surface area contributed by atoms with Crippen molar-refractivity contribution in [3.8, 4) is 0 Å². The Balaban J connectivity index is 2.43. The zero-order valence-electron chi connectivity index (χ0n) is 8.82. The molecule has 1 aliphatic rings. The third-order valence-corrected chi connectivity index (χ3v) is 3.46. The molecule has 1 aliphatic heterocycles. The SMILES string of the molecule is CCC1(C)CCC(C)CCNC1. The Morgan fingerprint density at radius 3 is 2.83 bits per heavy atom. The van der Waals surface area contributed by atoms with Gasteiger partial charge in [0, 0.05) is 6.54 Å². The molecule has 2 unspecified atom stereocenters. The maximum Gasteiger partial charge on any atom is 0.000506 e. The molecule has 12 heavy (non-hydrogen) atoms. The number of nitrogens with one attached hydrogen (secondary N) is 1. The molecule has 0 amide bonds. The van der Waals surface area contributed by atoms with Gasteiger partial charge in [0.05, 0.1) is 0 Å². The standard InChI is InChI=1S/C11H23N/c1-4-11(3)7-5-10(2)6-8-12-9-11/h10,12H,4-9H2,1-3H3. The molecular formula is C11H23N. The molecule has 1 heterocycles. The van der Waals surface area contributed by atoms with Gasteiger partial charge in [0.25, 0.3) is 0 Å². The van der Waals surface area contributed by atoms with Gasteiger partial charge in [-0.15, -0.1) is 0 Å². The average molecular weight is 169 g/mol. The van der Waals surface area contributed by atoms with Crippen molar-refractivity contribution >= 4 is 0 Å². The normalized spacial score (nSPS) is 38.8. The van der Waals surface area contributed by atoms with Gasteiger partial charge in [-0.05, 0) is 37.1 Å². The first-order valence-electron chi connectivity index (χ1n) is 5.37. The summed E-state index contributed by atoms with van der Waals surface area (Å²) in [6.45, 7) is 9.54. The van der Waals surface area contributed by atoms with Crippen LogP contribution in [0.1, 0.15) is 46.5 Å². The van der Waals surface area contributed by atoms with Gasteiger partial charge in [-0.3, -0.25) is 0 Å². The summed E-state index contributed by atoms with van der Waals surface area (Å²) in [6.07, 6.45) is 5.50. The fourth-order valence-corrected chi connectivity index (χ4v) is 1.87. The van der Waals surface area contributed by atoms with Crippen molar-refractivity contribution in [2.45, 2.75) is 46.5 Å². The monoisotopic (exact) mass is 169 g/mol. The Kier molecular flexibility index (Phi) is 3.57. The topological polar surface area (TPSA) is 12.0 Å². The molecule has 1 nitrogen and oxygen atoms in total. The van der Waals surface area contributed by atoms with Gasteiger partial charge in [-0.2, -0.15) is 0 Å². The van der Waals surface area contributed by atoms with E-state index in [0.717, 1.165) is 5.92 Å². The largest absolute Gasteiger partial charge is 0.316 e. The first kappa shape index (κ1) is 10.0. The van der Waals surface area contributed by atoms with Gasteiger partial charge in [0.2, 0.25) is 0 Å². The van der Waals surface area contributed by atoms with Gasteiger partial charge in [0.1, 0.15) is 0 Å². The highest BCUT2D eigenvalue weighted by atomic mass is 14.9. The van der Waals surface area contributed by atoms with Crippen molar-refractivity contribution in [3.05, 3.63) is 0 Å². The van der Waals surface area contributed by atoms with Gasteiger partial charge < -0.3 is 5.32 Å². The predicted octanol–water partition coefficient (Wildman–Crippen LogP) is 2.81. The van der Waals surface area contributed by atoms with E-state index in [-0.39, 0.29) is 0 Å². The zero-order chi connectivity index (χ0) is 9.03. The summed E-state index contributed by atoms with van der Waals surface area (Å²) in [7, 11) is 0. The van der Waals surface area contributed by atoms with Gasteiger partial charge in [-0.25, -0.2) is 0 Å². The van der Waals surface area contributed by atoms with Crippen LogP contribution in [0.2, 0.25) is 0 Å². The van der Waals surface area contributed by atoms with Crippen molar-refractivity contribution in [2.75, 3.05) is 13.1 Å². The molecule has 1 fully saturated rings. The van der Waals surface area contributed by atoms with E-state index < -0.39 is 0 Å². The van der Waals surface area contributed by atoms with E-state index in [1.165, 1.54) is 38.8 Å². The van der Waals surface area contributed by atoms with Crippen molar-refractivity contribution < 1.29 is 0 Å². The Labute approximate surface area is 76.9 Å². The van der Waals surface area contributed by atoms with E-state index in [2.05, 4.69) is 26.1 Å². The van der Waals surface area contributed by atoms with Gasteiger partial charge >= 0.3 is 0 Å². The van der Waals surface area contributed by atoms with Crippen LogP contribution in [-0.2, 0) is 0 Å². The quantitative estimate of drug-likeness (QED) is 0.636. The third-order valence-electron chi connectivity index (χ3n) is 3.46. The van der Waals surface area contributed by atoms with Crippen LogP contribution in [0.5, 0.6) is 0 Å². The summed E-state index contributed by atoms with van der Waals surface area (Å²) >= 11 is 0. The summed E-state index contributed by atoms with van der Waals surface area (Å²) in [6, 6.07) is 0. The van der Waals surface area contributed by atoms with Crippen LogP contribution >= 0.6 is 0 Å². The fourth-order valence-electron chi connectivity index (χ4n) is 1.87. The number of hydrogen-bond donors (Lipinski definition) is 1. The van der Waals surface area contributed by atoms with Crippen LogP contribution in [0.4, 0.5) is 0 Å². The molecule has 1 saturated heterocycles. The summed E-state index contributed by atoms with van der Waals surface area (Å²) in [4.78, 5) is 0. The Morgan fingerprint density at radius 2 is 2.17 bits per heavy atom. The van der Waals surface area contributed by atoms with Crippen LogP contribution in [0.15, 0.2) is 0 Å². The maximum atomic E-state index is 3.56. The van der Waals surface area contributed by atoms with Crippen LogP contribution in [0.3, 0.4) is 0 Å². The zero-order valence-corrected chi connectivity index (χ0v) is 8.82.